The van der Waals surface area contributed by atoms with Gasteiger partial charge < -0.3 is 5.32 Å². The Kier molecular flexibility index (Phi) is 5.44. The predicted molar refractivity (Wildman–Crippen MR) is 93.3 cm³/mol. The number of allylic oxidation sites excluding steroid dienone is 5. The lowest BCUT2D eigenvalue weighted by molar-refractivity contribution is 0.293. The van der Waals surface area contributed by atoms with E-state index in [9.17, 15) is 0 Å². The maximum atomic E-state index is 3.46. The van der Waals surface area contributed by atoms with Crippen LogP contribution in [0.4, 0.5) is 5.69 Å². The van der Waals surface area contributed by atoms with Crippen molar-refractivity contribution in [3.8, 4) is 0 Å². The molecule has 1 heteroatoms. The van der Waals surface area contributed by atoms with Gasteiger partial charge in [-0.1, -0.05) is 69.5 Å². The van der Waals surface area contributed by atoms with Crippen molar-refractivity contribution >= 4 is 5.69 Å². The monoisotopic (exact) mass is 281 g/mol. The molecule has 0 amide bonds. The molecule has 112 valence electrons. The van der Waals surface area contributed by atoms with Crippen LogP contribution in [0.5, 0.6) is 0 Å². The molecule has 1 N–H and O–H groups in total. The van der Waals surface area contributed by atoms with Crippen LogP contribution in [0.2, 0.25) is 0 Å². The van der Waals surface area contributed by atoms with E-state index in [1.807, 2.05) is 6.07 Å². The Balaban J connectivity index is 2.06. The standard InChI is InChI=1S/C20H27N/c1-4-20(3,5-2)16-17-10-9-13-19(15-14-17)21-18-11-7-6-8-12-18/h6-9,11-15,21H,4-5,10,16H2,1-3H3. The molecule has 0 saturated heterocycles. The van der Waals surface area contributed by atoms with Gasteiger partial charge in [0, 0.05) is 11.4 Å². The second kappa shape index (κ2) is 7.31. The van der Waals surface area contributed by atoms with E-state index in [0.29, 0.717) is 5.41 Å². The van der Waals surface area contributed by atoms with Gasteiger partial charge >= 0.3 is 0 Å². The number of hydrogen-bond donors (Lipinski definition) is 1. The highest BCUT2D eigenvalue weighted by Gasteiger charge is 2.20. The molecule has 0 bridgehead atoms. The van der Waals surface area contributed by atoms with Gasteiger partial charge in [0.05, 0.1) is 0 Å². The molecule has 21 heavy (non-hydrogen) atoms. The molecule has 0 fully saturated rings. The minimum atomic E-state index is 0.435. The minimum Gasteiger partial charge on any atom is -0.356 e. The van der Waals surface area contributed by atoms with Gasteiger partial charge in [-0.2, -0.15) is 0 Å². The number of rotatable bonds is 6. The first-order chi connectivity index (χ1) is 10.1. The normalized spacial score (nSPS) is 15.2. The van der Waals surface area contributed by atoms with Crippen LogP contribution < -0.4 is 5.32 Å². The number of nitrogens with one attached hydrogen (secondary N) is 1. The lowest BCUT2D eigenvalue weighted by Gasteiger charge is -2.27. The van der Waals surface area contributed by atoms with Crippen molar-refractivity contribution in [2.45, 2.75) is 46.5 Å². The molecule has 0 radical (unpaired) electrons. The summed E-state index contributed by atoms with van der Waals surface area (Å²) in [5.74, 6) is 0. The molecule has 0 unspecified atom stereocenters. The maximum Gasteiger partial charge on any atom is 0.0384 e. The first-order valence-corrected chi connectivity index (χ1v) is 8.03. The van der Waals surface area contributed by atoms with E-state index in [-0.39, 0.29) is 0 Å². The fourth-order valence-electron chi connectivity index (χ4n) is 2.62. The van der Waals surface area contributed by atoms with Gasteiger partial charge in [0.2, 0.25) is 0 Å². The van der Waals surface area contributed by atoms with Gasteiger partial charge in [0.25, 0.3) is 0 Å². The molecule has 0 aliphatic heterocycles. The van der Waals surface area contributed by atoms with E-state index in [1.54, 1.807) is 0 Å². The third kappa shape index (κ3) is 4.63. The quantitative estimate of drug-likeness (QED) is 0.665. The minimum absolute atomic E-state index is 0.435. The number of benzene rings is 1. The summed E-state index contributed by atoms with van der Waals surface area (Å²) in [6.45, 7) is 7.00. The van der Waals surface area contributed by atoms with E-state index in [4.69, 9.17) is 0 Å². The lowest BCUT2D eigenvalue weighted by atomic mass is 9.78. The summed E-state index contributed by atoms with van der Waals surface area (Å²) >= 11 is 0. The van der Waals surface area contributed by atoms with Gasteiger partial charge in [-0.15, -0.1) is 0 Å². The average molecular weight is 281 g/mol. The second-order valence-corrected chi connectivity index (χ2v) is 6.24. The van der Waals surface area contributed by atoms with Crippen molar-refractivity contribution in [3.05, 3.63) is 65.9 Å². The fourth-order valence-corrected chi connectivity index (χ4v) is 2.62. The Hall–Kier alpha value is -1.76. The van der Waals surface area contributed by atoms with Crippen LogP contribution in [0.1, 0.15) is 46.5 Å². The van der Waals surface area contributed by atoms with Crippen LogP contribution in [0.3, 0.4) is 0 Å². The van der Waals surface area contributed by atoms with E-state index in [1.165, 1.54) is 24.8 Å². The van der Waals surface area contributed by atoms with Gasteiger partial charge in [-0.25, -0.2) is 0 Å². The van der Waals surface area contributed by atoms with Gasteiger partial charge in [0.15, 0.2) is 0 Å². The highest BCUT2D eigenvalue weighted by molar-refractivity contribution is 5.51. The second-order valence-electron chi connectivity index (χ2n) is 6.24. The molecular weight excluding hydrogens is 254 g/mol. The van der Waals surface area contributed by atoms with E-state index >= 15 is 0 Å². The summed E-state index contributed by atoms with van der Waals surface area (Å²) in [5, 5.41) is 3.46. The molecule has 1 nitrogen and oxygen atoms in total. The molecule has 0 aromatic heterocycles. The smallest absolute Gasteiger partial charge is 0.0384 e. The summed E-state index contributed by atoms with van der Waals surface area (Å²) in [6, 6.07) is 10.3. The molecule has 1 aromatic carbocycles. The first kappa shape index (κ1) is 15.6. The van der Waals surface area contributed by atoms with Crippen LogP contribution in [0, 0.1) is 5.41 Å². The average Bonchev–Trinajstić information content (AvgIpc) is 2.73. The van der Waals surface area contributed by atoms with Crippen LogP contribution in [-0.4, -0.2) is 0 Å². The highest BCUT2D eigenvalue weighted by atomic mass is 14.9. The zero-order valence-electron chi connectivity index (χ0n) is 13.5. The topological polar surface area (TPSA) is 12.0 Å². The van der Waals surface area contributed by atoms with Crippen LogP contribution >= 0.6 is 0 Å². The summed E-state index contributed by atoms with van der Waals surface area (Å²) in [6.07, 6.45) is 13.7. The van der Waals surface area contributed by atoms with E-state index in [0.717, 1.165) is 17.8 Å². The van der Waals surface area contributed by atoms with E-state index in [2.05, 4.69) is 74.7 Å². The SMILES string of the molecule is CCC(C)(CC)CC1=CC=C(Nc2ccccc2)C=CC1. The van der Waals surface area contributed by atoms with Crippen LogP contribution in [-0.2, 0) is 0 Å². The van der Waals surface area contributed by atoms with Gasteiger partial charge in [0.1, 0.15) is 0 Å². The third-order valence-electron chi connectivity index (χ3n) is 4.60. The van der Waals surface area contributed by atoms with Crippen molar-refractivity contribution in [2.24, 2.45) is 5.41 Å². The van der Waals surface area contributed by atoms with Crippen molar-refractivity contribution in [3.63, 3.8) is 0 Å². The zero-order valence-corrected chi connectivity index (χ0v) is 13.5. The Morgan fingerprint density at radius 2 is 1.76 bits per heavy atom. The maximum absolute atomic E-state index is 3.46. The van der Waals surface area contributed by atoms with Crippen molar-refractivity contribution in [1.82, 2.24) is 0 Å². The Bertz CT molecular complexity index is 530. The van der Waals surface area contributed by atoms with Crippen molar-refractivity contribution in [1.29, 1.82) is 0 Å². The predicted octanol–water partition coefficient (Wildman–Crippen LogP) is 6.09. The number of hydrogen-bond acceptors (Lipinski definition) is 1. The van der Waals surface area contributed by atoms with Crippen molar-refractivity contribution in [2.75, 3.05) is 5.32 Å². The molecule has 1 aliphatic rings. The molecule has 0 saturated carbocycles. The Labute approximate surface area is 129 Å². The third-order valence-corrected chi connectivity index (χ3v) is 4.60. The summed E-state index contributed by atoms with van der Waals surface area (Å²) < 4.78 is 0. The molecule has 0 atom stereocenters. The molecule has 0 spiro atoms. The summed E-state index contributed by atoms with van der Waals surface area (Å²) in [4.78, 5) is 0. The number of para-hydroxylation sites is 1. The zero-order chi connectivity index (χ0) is 15.1. The van der Waals surface area contributed by atoms with Gasteiger partial charge in [-0.05, 0) is 42.5 Å². The van der Waals surface area contributed by atoms with Crippen LogP contribution in [0.15, 0.2) is 65.9 Å². The summed E-state index contributed by atoms with van der Waals surface area (Å²) in [5.41, 5.74) is 4.26. The molecule has 0 heterocycles. The van der Waals surface area contributed by atoms with Crippen LogP contribution in [0.25, 0.3) is 0 Å². The highest BCUT2D eigenvalue weighted by Crippen LogP contribution is 2.34. The van der Waals surface area contributed by atoms with Gasteiger partial charge in [-0.3, -0.25) is 0 Å². The molecule has 1 aliphatic carbocycles. The Morgan fingerprint density at radius 3 is 2.43 bits per heavy atom. The molecule has 2 rings (SSSR count). The molecule has 1 aromatic rings. The Morgan fingerprint density at radius 1 is 1.05 bits per heavy atom. The number of anilines is 1. The van der Waals surface area contributed by atoms with E-state index < -0.39 is 0 Å². The lowest BCUT2D eigenvalue weighted by Crippen LogP contribution is -2.14. The fraction of sp³-hybridized carbons (Fsp3) is 0.400. The molecular formula is C20H27N. The largest absolute Gasteiger partial charge is 0.356 e. The van der Waals surface area contributed by atoms with Crippen molar-refractivity contribution < 1.29 is 0 Å². The summed E-state index contributed by atoms with van der Waals surface area (Å²) in [7, 11) is 0. The first-order valence-electron chi connectivity index (χ1n) is 8.03.